The van der Waals surface area contributed by atoms with E-state index in [0.29, 0.717) is 36.8 Å². The summed E-state index contributed by atoms with van der Waals surface area (Å²) in [6, 6.07) is 10.2. The predicted octanol–water partition coefficient (Wildman–Crippen LogP) is 4.27. The molecule has 0 saturated carbocycles. The van der Waals surface area contributed by atoms with Crippen LogP contribution in [0.15, 0.2) is 48.7 Å². The summed E-state index contributed by atoms with van der Waals surface area (Å²) in [6.45, 7) is 1.03. The Morgan fingerprint density at radius 1 is 1.17 bits per heavy atom. The second-order valence-corrected chi connectivity index (χ2v) is 8.24. The van der Waals surface area contributed by atoms with Crippen molar-refractivity contribution in [2.75, 3.05) is 18.5 Å². The van der Waals surface area contributed by atoms with Crippen molar-refractivity contribution in [2.24, 2.45) is 0 Å². The van der Waals surface area contributed by atoms with E-state index in [1.165, 1.54) is 11.3 Å². The molecule has 2 aromatic carbocycles. The molecule has 2 heterocycles. The van der Waals surface area contributed by atoms with Crippen LogP contribution in [0.4, 0.5) is 14.5 Å². The van der Waals surface area contributed by atoms with Crippen LogP contribution in [0.1, 0.15) is 23.4 Å². The molecule has 0 radical (unpaired) electrons. The number of anilines is 1. The molecule has 2 N–H and O–H groups in total. The van der Waals surface area contributed by atoms with E-state index < -0.39 is 23.1 Å². The lowest BCUT2D eigenvalue weighted by molar-refractivity contribution is -0.115. The number of aromatic nitrogens is 1. The second kappa shape index (κ2) is 8.59. The van der Waals surface area contributed by atoms with Crippen molar-refractivity contribution in [1.82, 2.24) is 4.98 Å². The predicted molar refractivity (Wildman–Crippen MR) is 110 cm³/mol. The molecule has 5 nitrogen and oxygen atoms in total. The van der Waals surface area contributed by atoms with Crippen LogP contribution in [-0.4, -0.2) is 29.2 Å². The average Bonchev–Trinajstić information content (AvgIpc) is 3.23. The van der Waals surface area contributed by atoms with Gasteiger partial charge in [0.1, 0.15) is 22.2 Å². The molecule has 1 aliphatic rings. The number of rotatable bonds is 5. The lowest BCUT2D eigenvalue weighted by atomic mass is 9.95. The van der Waals surface area contributed by atoms with Crippen molar-refractivity contribution >= 4 is 22.9 Å². The van der Waals surface area contributed by atoms with Gasteiger partial charge in [-0.25, -0.2) is 13.8 Å². The Bertz CT molecular complexity index is 1050. The fourth-order valence-corrected chi connectivity index (χ4v) is 4.39. The molecule has 1 amide bonds. The summed E-state index contributed by atoms with van der Waals surface area (Å²) in [6.07, 6.45) is 2.52. The molecule has 0 aliphatic carbocycles. The van der Waals surface area contributed by atoms with Gasteiger partial charge in [-0.1, -0.05) is 12.1 Å². The first-order chi connectivity index (χ1) is 14.4. The number of aliphatic hydroxyl groups is 1. The van der Waals surface area contributed by atoms with Gasteiger partial charge < -0.3 is 15.2 Å². The molecule has 1 aromatic heterocycles. The van der Waals surface area contributed by atoms with Crippen molar-refractivity contribution in [1.29, 1.82) is 0 Å². The number of nitrogens with zero attached hydrogens (tertiary/aromatic N) is 1. The van der Waals surface area contributed by atoms with Gasteiger partial charge >= 0.3 is 0 Å². The first kappa shape index (κ1) is 20.6. The van der Waals surface area contributed by atoms with E-state index in [4.69, 9.17) is 4.74 Å². The summed E-state index contributed by atoms with van der Waals surface area (Å²) >= 11 is 1.43. The second-order valence-electron chi connectivity index (χ2n) is 7.21. The Balaban J connectivity index is 1.42. The maximum atomic E-state index is 13.7. The quantitative estimate of drug-likeness (QED) is 0.634. The average molecular weight is 430 g/mol. The molecular weight excluding hydrogens is 410 g/mol. The van der Waals surface area contributed by atoms with Crippen molar-refractivity contribution in [3.05, 3.63) is 70.9 Å². The molecule has 0 unspecified atom stereocenters. The van der Waals surface area contributed by atoms with Gasteiger partial charge in [0.25, 0.3) is 0 Å². The zero-order valence-electron chi connectivity index (χ0n) is 16.0. The summed E-state index contributed by atoms with van der Waals surface area (Å²) in [7, 11) is 0. The topological polar surface area (TPSA) is 71.5 Å². The van der Waals surface area contributed by atoms with Gasteiger partial charge in [0, 0.05) is 43.5 Å². The highest BCUT2D eigenvalue weighted by Gasteiger charge is 2.34. The number of thiazole rings is 1. The lowest BCUT2D eigenvalue weighted by Gasteiger charge is -2.29. The minimum absolute atomic E-state index is 0.00681. The van der Waals surface area contributed by atoms with Crippen LogP contribution in [-0.2, 0) is 21.6 Å². The third kappa shape index (κ3) is 4.56. The highest BCUT2D eigenvalue weighted by atomic mass is 32.1. The number of amides is 1. The zero-order chi connectivity index (χ0) is 21.1. The van der Waals surface area contributed by atoms with Gasteiger partial charge in [-0.15, -0.1) is 11.3 Å². The van der Waals surface area contributed by atoms with E-state index in [1.807, 2.05) is 12.1 Å². The van der Waals surface area contributed by atoms with E-state index in [2.05, 4.69) is 10.3 Å². The number of hydrogen-bond acceptors (Lipinski definition) is 5. The van der Waals surface area contributed by atoms with Crippen molar-refractivity contribution in [3.8, 4) is 10.4 Å². The molecule has 1 saturated heterocycles. The van der Waals surface area contributed by atoms with Gasteiger partial charge in [0.15, 0.2) is 0 Å². The molecular formula is C22H20F2N2O3S. The first-order valence-corrected chi connectivity index (χ1v) is 10.4. The van der Waals surface area contributed by atoms with E-state index >= 15 is 0 Å². The van der Waals surface area contributed by atoms with E-state index in [1.54, 1.807) is 18.3 Å². The van der Waals surface area contributed by atoms with E-state index in [-0.39, 0.29) is 12.0 Å². The summed E-state index contributed by atoms with van der Waals surface area (Å²) < 4.78 is 32.3. The summed E-state index contributed by atoms with van der Waals surface area (Å²) in [5, 5.41) is 14.1. The van der Waals surface area contributed by atoms with Crippen molar-refractivity contribution in [3.63, 3.8) is 0 Å². The molecule has 1 aliphatic heterocycles. The van der Waals surface area contributed by atoms with Crippen LogP contribution in [0, 0.1) is 11.6 Å². The van der Waals surface area contributed by atoms with E-state index in [0.717, 1.165) is 28.6 Å². The molecule has 8 heteroatoms. The Hall–Kier alpha value is -2.68. The van der Waals surface area contributed by atoms with Crippen LogP contribution >= 0.6 is 11.3 Å². The van der Waals surface area contributed by atoms with Crippen LogP contribution < -0.4 is 5.32 Å². The third-order valence-electron chi connectivity index (χ3n) is 5.04. The molecule has 3 aromatic rings. The Morgan fingerprint density at radius 3 is 2.63 bits per heavy atom. The molecule has 4 rings (SSSR count). The Kier molecular flexibility index (Phi) is 5.90. The highest BCUT2D eigenvalue weighted by Crippen LogP contribution is 2.37. The minimum atomic E-state index is -0.943. The summed E-state index contributed by atoms with van der Waals surface area (Å²) in [5.41, 5.74) is 0.519. The number of carbonyl (C=O) groups excluding carboxylic acids is 1. The zero-order valence-corrected chi connectivity index (χ0v) is 16.8. The maximum absolute atomic E-state index is 13.7. The van der Waals surface area contributed by atoms with Crippen LogP contribution in [0.3, 0.4) is 0 Å². The number of nitrogens with one attached hydrogen (secondary N) is 1. The highest BCUT2D eigenvalue weighted by molar-refractivity contribution is 7.15. The summed E-state index contributed by atoms with van der Waals surface area (Å²) in [4.78, 5) is 17.5. The number of halogens is 2. The van der Waals surface area contributed by atoms with Crippen LogP contribution in [0.2, 0.25) is 0 Å². The lowest BCUT2D eigenvalue weighted by Crippen LogP contribution is -2.33. The van der Waals surface area contributed by atoms with Crippen LogP contribution in [0.5, 0.6) is 0 Å². The molecule has 0 spiro atoms. The van der Waals surface area contributed by atoms with E-state index in [9.17, 15) is 18.7 Å². The number of ether oxygens (including phenoxy) is 1. The maximum Gasteiger partial charge on any atom is 0.228 e. The number of carbonyl (C=O) groups is 1. The fourth-order valence-electron chi connectivity index (χ4n) is 3.32. The van der Waals surface area contributed by atoms with Gasteiger partial charge in [-0.3, -0.25) is 4.79 Å². The van der Waals surface area contributed by atoms with Gasteiger partial charge in [-0.2, -0.15) is 0 Å². The standard InChI is InChI=1S/C22H20F2N2O3S/c23-16-3-6-18(24)15(11-16)12-20(27)26-17-4-1-14(2-5-17)19-13-25-21(30-19)22(28)7-9-29-10-8-22/h1-6,11,13,28H,7-10,12H2,(H,26,27). The first-order valence-electron chi connectivity index (χ1n) is 9.54. The normalized spacial score (nSPS) is 15.7. The smallest absolute Gasteiger partial charge is 0.228 e. The molecule has 30 heavy (non-hydrogen) atoms. The minimum Gasteiger partial charge on any atom is -0.382 e. The molecule has 0 bridgehead atoms. The van der Waals surface area contributed by atoms with Gasteiger partial charge in [-0.05, 0) is 35.9 Å². The monoisotopic (exact) mass is 430 g/mol. The Labute approximate surface area is 176 Å². The third-order valence-corrected chi connectivity index (χ3v) is 6.28. The fraction of sp³-hybridized carbons (Fsp3) is 0.273. The van der Waals surface area contributed by atoms with Gasteiger partial charge in [0.05, 0.1) is 11.3 Å². The Morgan fingerprint density at radius 2 is 1.90 bits per heavy atom. The largest absolute Gasteiger partial charge is 0.382 e. The number of benzene rings is 2. The number of hydrogen-bond donors (Lipinski definition) is 2. The SMILES string of the molecule is O=C(Cc1cc(F)ccc1F)Nc1ccc(-c2cnc(C3(O)CCOCC3)s2)cc1. The van der Waals surface area contributed by atoms with Crippen molar-refractivity contribution < 1.29 is 23.4 Å². The molecule has 1 fully saturated rings. The van der Waals surface area contributed by atoms with Crippen LogP contribution in [0.25, 0.3) is 10.4 Å². The summed E-state index contributed by atoms with van der Waals surface area (Å²) in [5.74, 6) is -1.64. The molecule has 156 valence electrons. The van der Waals surface area contributed by atoms with Gasteiger partial charge in [0.2, 0.25) is 5.91 Å². The molecule has 0 atom stereocenters. The van der Waals surface area contributed by atoms with Crippen molar-refractivity contribution in [2.45, 2.75) is 24.9 Å².